The van der Waals surface area contributed by atoms with Crippen molar-refractivity contribution in [2.45, 2.75) is 26.3 Å². The third kappa shape index (κ3) is 3.62. The van der Waals surface area contributed by atoms with Crippen molar-refractivity contribution in [3.8, 4) is 11.3 Å². The van der Waals surface area contributed by atoms with Crippen molar-refractivity contribution in [2.24, 2.45) is 0 Å². The standard InChI is InChI=1S/C19H25N3O2/c1-3-21(4-2)17-11-12-22(14-17)19(23)20-16-9-7-15(8-10-16)18-6-5-13-24-18/h5-10,13,17H,3-4,11-12,14H2,1-2H3,(H,20,23)/t17-/m0/s1. The van der Waals surface area contributed by atoms with Gasteiger partial charge in [-0.1, -0.05) is 13.8 Å². The second-order valence-electron chi connectivity index (χ2n) is 6.09. The Morgan fingerprint density at radius 2 is 2.00 bits per heavy atom. The van der Waals surface area contributed by atoms with E-state index in [1.54, 1.807) is 6.26 Å². The predicted octanol–water partition coefficient (Wildman–Crippen LogP) is 3.89. The highest BCUT2D eigenvalue weighted by Gasteiger charge is 2.29. The summed E-state index contributed by atoms with van der Waals surface area (Å²) in [5.41, 5.74) is 1.81. The van der Waals surface area contributed by atoms with E-state index in [0.29, 0.717) is 6.04 Å². The lowest BCUT2D eigenvalue weighted by Crippen LogP contribution is -2.39. The number of carbonyl (C=O) groups excluding carboxylic acids is 1. The second kappa shape index (κ2) is 7.53. The number of anilines is 1. The first-order chi connectivity index (χ1) is 11.7. The second-order valence-corrected chi connectivity index (χ2v) is 6.09. The van der Waals surface area contributed by atoms with E-state index in [1.807, 2.05) is 41.3 Å². The molecule has 0 aliphatic carbocycles. The molecule has 1 aliphatic rings. The van der Waals surface area contributed by atoms with Crippen molar-refractivity contribution in [3.63, 3.8) is 0 Å². The third-order valence-corrected chi connectivity index (χ3v) is 4.72. The summed E-state index contributed by atoms with van der Waals surface area (Å²) in [6, 6.07) is 12.0. The first-order valence-corrected chi connectivity index (χ1v) is 8.65. The van der Waals surface area contributed by atoms with Gasteiger partial charge in [0.05, 0.1) is 6.26 Å². The molecular weight excluding hydrogens is 302 g/mol. The van der Waals surface area contributed by atoms with Crippen molar-refractivity contribution in [1.29, 1.82) is 0 Å². The van der Waals surface area contributed by atoms with Crippen LogP contribution in [-0.2, 0) is 0 Å². The highest BCUT2D eigenvalue weighted by molar-refractivity contribution is 5.89. The molecule has 128 valence electrons. The Labute approximate surface area is 143 Å². The quantitative estimate of drug-likeness (QED) is 0.906. The lowest BCUT2D eigenvalue weighted by atomic mass is 10.1. The zero-order chi connectivity index (χ0) is 16.9. The van der Waals surface area contributed by atoms with Crippen LogP contribution in [0.2, 0.25) is 0 Å². The summed E-state index contributed by atoms with van der Waals surface area (Å²) in [7, 11) is 0. The number of carbonyl (C=O) groups is 1. The van der Waals surface area contributed by atoms with E-state index < -0.39 is 0 Å². The lowest BCUT2D eigenvalue weighted by Gasteiger charge is -2.26. The van der Waals surface area contributed by atoms with Crippen molar-refractivity contribution in [2.75, 3.05) is 31.5 Å². The van der Waals surface area contributed by atoms with Crippen LogP contribution in [0.1, 0.15) is 20.3 Å². The number of urea groups is 1. The van der Waals surface area contributed by atoms with E-state index in [1.165, 1.54) is 0 Å². The Bertz CT molecular complexity index is 648. The minimum Gasteiger partial charge on any atom is -0.464 e. The van der Waals surface area contributed by atoms with Crippen LogP contribution in [0.4, 0.5) is 10.5 Å². The van der Waals surface area contributed by atoms with Crippen molar-refractivity contribution in [3.05, 3.63) is 42.7 Å². The van der Waals surface area contributed by atoms with Crippen LogP contribution >= 0.6 is 0 Å². The maximum absolute atomic E-state index is 12.5. The molecule has 0 spiro atoms. The van der Waals surface area contributed by atoms with Crippen LogP contribution < -0.4 is 5.32 Å². The number of hydrogen-bond donors (Lipinski definition) is 1. The van der Waals surface area contributed by atoms with Gasteiger partial charge in [-0.15, -0.1) is 0 Å². The largest absolute Gasteiger partial charge is 0.464 e. The zero-order valence-electron chi connectivity index (χ0n) is 14.4. The number of likely N-dealkylation sites (N-methyl/N-ethyl adjacent to an activating group) is 1. The van der Waals surface area contributed by atoms with Crippen LogP contribution in [0.5, 0.6) is 0 Å². The van der Waals surface area contributed by atoms with Gasteiger partial charge in [-0.25, -0.2) is 4.79 Å². The molecule has 5 heteroatoms. The molecular formula is C19H25N3O2. The SMILES string of the molecule is CCN(CC)[C@H]1CCN(C(=O)Nc2ccc(-c3ccco3)cc2)C1. The Hall–Kier alpha value is -2.27. The summed E-state index contributed by atoms with van der Waals surface area (Å²) in [5, 5.41) is 2.99. The number of benzene rings is 1. The van der Waals surface area contributed by atoms with Gasteiger partial charge in [0.15, 0.2) is 0 Å². The van der Waals surface area contributed by atoms with Crippen molar-refractivity contribution < 1.29 is 9.21 Å². The molecule has 1 aromatic carbocycles. The van der Waals surface area contributed by atoms with E-state index in [2.05, 4.69) is 24.1 Å². The number of hydrogen-bond acceptors (Lipinski definition) is 3. The first kappa shape index (κ1) is 16.6. The van der Waals surface area contributed by atoms with Gasteiger partial charge < -0.3 is 14.6 Å². The highest BCUT2D eigenvalue weighted by atomic mass is 16.3. The van der Waals surface area contributed by atoms with E-state index in [9.17, 15) is 4.79 Å². The first-order valence-electron chi connectivity index (χ1n) is 8.65. The van der Waals surface area contributed by atoms with Crippen LogP contribution in [0.15, 0.2) is 47.1 Å². The number of likely N-dealkylation sites (tertiary alicyclic amines) is 1. The van der Waals surface area contributed by atoms with Crippen LogP contribution in [0.25, 0.3) is 11.3 Å². The molecule has 5 nitrogen and oxygen atoms in total. The van der Waals surface area contributed by atoms with E-state index in [-0.39, 0.29) is 6.03 Å². The fourth-order valence-corrected chi connectivity index (χ4v) is 3.33. The van der Waals surface area contributed by atoms with Crippen molar-refractivity contribution >= 4 is 11.7 Å². The molecule has 1 atom stereocenters. The van der Waals surface area contributed by atoms with Gasteiger partial charge in [0.25, 0.3) is 0 Å². The maximum Gasteiger partial charge on any atom is 0.321 e. The summed E-state index contributed by atoms with van der Waals surface area (Å²) in [6.07, 6.45) is 2.71. The molecule has 24 heavy (non-hydrogen) atoms. The molecule has 0 bridgehead atoms. The molecule has 2 heterocycles. The molecule has 0 radical (unpaired) electrons. The van der Waals surface area contributed by atoms with Crippen molar-refractivity contribution in [1.82, 2.24) is 9.80 Å². The van der Waals surface area contributed by atoms with Gasteiger partial charge in [0.1, 0.15) is 5.76 Å². The van der Waals surface area contributed by atoms with Gasteiger partial charge in [0, 0.05) is 30.4 Å². The molecule has 2 amide bonds. The number of nitrogens with zero attached hydrogens (tertiary/aromatic N) is 2. The fourth-order valence-electron chi connectivity index (χ4n) is 3.33. The van der Waals surface area contributed by atoms with Gasteiger partial charge in [-0.2, -0.15) is 0 Å². The monoisotopic (exact) mass is 327 g/mol. The number of amides is 2. The summed E-state index contributed by atoms with van der Waals surface area (Å²) in [6.45, 7) is 8.03. The molecule has 3 rings (SSSR count). The fraction of sp³-hybridized carbons (Fsp3) is 0.421. The molecule has 1 aromatic heterocycles. The topological polar surface area (TPSA) is 48.7 Å². The smallest absolute Gasteiger partial charge is 0.321 e. The van der Waals surface area contributed by atoms with Crippen LogP contribution in [-0.4, -0.2) is 48.1 Å². The lowest BCUT2D eigenvalue weighted by molar-refractivity contribution is 0.202. The van der Waals surface area contributed by atoms with Crippen LogP contribution in [0.3, 0.4) is 0 Å². The zero-order valence-corrected chi connectivity index (χ0v) is 14.4. The molecule has 1 N–H and O–H groups in total. The van der Waals surface area contributed by atoms with Gasteiger partial charge in [-0.3, -0.25) is 4.90 Å². The molecule has 0 saturated carbocycles. The van der Waals surface area contributed by atoms with Gasteiger partial charge >= 0.3 is 6.03 Å². The van der Waals surface area contributed by atoms with E-state index >= 15 is 0 Å². The number of nitrogens with one attached hydrogen (secondary N) is 1. The number of rotatable bonds is 5. The summed E-state index contributed by atoms with van der Waals surface area (Å²) in [4.78, 5) is 16.8. The van der Waals surface area contributed by atoms with Gasteiger partial charge in [-0.05, 0) is 55.9 Å². The average molecular weight is 327 g/mol. The average Bonchev–Trinajstić information content (AvgIpc) is 3.29. The Morgan fingerprint density at radius 1 is 1.25 bits per heavy atom. The maximum atomic E-state index is 12.5. The molecule has 1 saturated heterocycles. The summed E-state index contributed by atoms with van der Waals surface area (Å²) >= 11 is 0. The highest BCUT2D eigenvalue weighted by Crippen LogP contribution is 2.22. The Balaban J connectivity index is 1.57. The molecule has 1 aliphatic heterocycles. The number of furan rings is 1. The van der Waals surface area contributed by atoms with Crippen LogP contribution in [0, 0.1) is 0 Å². The molecule has 1 fully saturated rings. The third-order valence-electron chi connectivity index (χ3n) is 4.72. The molecule has 2 aromatic rings. The molecule has 0 unspecified atom stereocenters. The predicted molar refractivity (Wildman–Crippen MR) is 96.1 cm³/mol. The Morgan fingerprint density at radius 3 is 2.62 bits per heavy atom. The summed E-state index contributed by atoms with van der Waals surface area (Å²) in [5.74, 6) is 0.828. The van der Waals surface area contributed by atoms with Gasteiger partial charge in [0.2, 0.25) is 0 Å². The minimum absolute atomic E-state index is 0.0181. The van der Waals surface area contributed by atoms with E-state index in [0.717, 1.165) is 49.6 Å². The Kier molecular flexibility index (Phi) is 5.20. The minimum atomic E-state index is -0.0181. The summed E-state index contributed by atoms with van der Waals surface area (Å²) < 4.78 is 5.38. The normalized spacial score (nSPS) is 17.5. The van der Waals surface area contributed by atoms with E-state index in [4.69, 9.17) is 4.42 Å².